The summed E-state index contributed by atoms with van der Waals surface area (Å²) in [6.45, 7) is 4.81. The zero-order valence-corrected chi connectivity index (χ0v) is 12.8. The van der Waals surface area contributed by atoms with Crippen molar-refractivity contribution in [3.8, 4) is 0 Å². The first-order valence-electron chi connectivity index (χ1n) is 7.00. The average molecular weight is 295 g/mol. The molecule has 0 radical (unpaired) electrons. The molecule has 1 aromatic rings. The number of rotatable bonds is 3. The molecule has 1 amide bonds. The van der Waals surface area contributed by atoms with Crippen molar-refractivity contribution < 1.29 is 13.2 Å². The highest BCUT2D eigenvalue weighted by molar-refractivity contribution is 7.92. The number of carbonyl (C=O) groups excluding carboxylic acids is 1. The highest BCUT2D eigenvalue weighted by atomic mass is 32.2. The average Bonchev–Trinajstić information content (AvgIpc) is 2.47. The third kappa shape index (κ3) is 3.03. The standard InChI is InChI=1S/C15H21NO3S/c1-12(2)15(17)16-10-8-14(9-11-16)20(18,19)13-6-4-3-5-7-13/h3-7,12,14H,8-11H2,1-2H3. The largest absolute Gasteiger partial charge is 0.342 e. The van der Waals surface area contributed by atoms with Crippen LogP contribution >= 0.6 is 0 Å². The van der Waals surface area contributed by atoms with Gasteiger partial charge >= 0.3 is 0 Å². The summed E-state index contributed by atoms with van der Waals surface area (Å²) in [5.41, 5.74) is 0. The third-order valence-electron chi connectivity index (χ3n) is 3.76. The minimum absolute atomic E-state index is 0.0303. The Morgan fingerprint density at radius 2 is 1.70 bits per heavy atom. The van der Waals surface area contributed by atoms with Gasteiger partial charge in [0.1, 0.15) is 0 Å². The van der Waals surface area contributed by atoms with Gasteiger partial charge in [0.15, 0.2) is 9.84 Å². The maximum atomic E-state index is 12.5. The molecule has 110 valence electrons. The molecule has 1 aliphatic rings. The van der Waals surface area contributed by atoms with E-state index in [1.165, 1.54) is 0 Å². The van der Waals surface area contributed by atoms with Crippen molar-refractivity contribution in [3.05, 3.63) is 30.3 Å². The number of hydrogen-bond donors (Lipinski definition) is 0. The zero-order chi connectivity index (χ0) is 14.8. The van der Waals surface area contributed by atoms with E-state index in [-0.39, 0.29) is 17.1 Å². The van der Waals surface area contributed by atoms with Crippen LogP contribution in [0.25, 0.3) is 0 Å². The Balaban J connectivity index is 2.06. The number of likely N-dealkylation sites (tertiary alicyclic amines) is 1. The van der Waals surface area contributed by atoms with E-state index in [2.05, 4.69) is 0 Å². The minimum atomic E-state index is -3.27. The van der Waals surface area contributed by atoms with Crippen LogP contribution in [-0.2, 0) is 14.6 Å². The zero-order valence-electron chi connectivity index (χ0n) is 12.0. The van der Waals surface area contributed by atoms with Gasteiger partial charge in [0, 0.05) is 19.0 Å². The van der Waals surface area contributed by atoms with Crippen LogP contribution in [-0.4, -0.2) is 37.6 Å². The first-order valence-corrected chi connectivity index (χ1v) is 8.55. The molecule has 1 heterocycles. The van der Waals surface area contributed by atoms with Crippen LogP contribution in [0.4, 0.5) is 0 Å². The van der Waals surface area contributed by atoms with E-state index in [0.29, 0.717) is 30.8 Å². The molecule has 0 unspecified atom stereocenters. The quantitative estimate of drug-likeness (QED) is 0.858. The Hall–Kier alpha value is -1.36. The van der Waals surface area contributed by atoms with E-state index < -0.39 is 9.84 Å². The highest BCUT2D eigenvalue weighted by Crippen LogP contribution is 2.25. The second-order valence-corrected chi connectivity index (χ2v) is 7.77. The highest BCUT2D eigenvalue weighted by Gasteiger charge is 2.32. The molecule has 0 aliphatic carbocycles. The fourth-order valence-corrected chi connectivity index (χ4v) is 4.31. The lowest BCUT2D eigenvalue weighted by Gasteiger charge is -2.32. The van der Waals surface area contributed by atoms with Crippen LogP contribution in [0.15, 0.2) is 35.2 Å². The normalized spacial score (nSPS) is 17.4. The molecule has 4 nitrogen and oxygen atoms in total. The van der Waals surface area contributed by atoms with Gasteiger partial charge in [-0.1, -0.05) is 32.0 Å². The summed E-state index contributed by atoms with van der Waals surface area (Å²) >= 11 is 0. The number of piperidine rings is 1. The van der Waals surface area contributed by atoms with Crippen molar-refractivity contribution >= 4 is 15.7 Å². The fraction of sp³-hybridized carbons (Fsp3) is 0.533. The number of nitrogens with zero attached hydrogens (tertiary/aromatic N) is 1. The van der Waals surface area contributed by atoms with Gasteiger partial charge < -0.3 is 4.90 Å². The third-order valence-corrected chi connectivity index (χ3v) is 6.04. The maximum Gasteiger partial charge on any atom is 0.225 e. The van der Waals surface area contributed by atoms with Gasteiger partial charge in [-0.15, -0.1) is 0 Å². The first kappa shape index (κ1) is 15.0. The molecule has 1 fully saturated rings. The van der Waals surface area contributed by atoms with Crippen LogP contribution in [0.2, 0.25) is 0 Å². The van der Waals surface area contributed by atoms with E-state index in [1.54, 1.807) is 29.2 Å². The van der Waals surface area contributed by atoms with Gasteiger partial charge in [-0.3, -0.25) is 4.79 Å². The number of amides is 1. The molecular formula is C15H21NO3S. The summed E-state index contributed by atoms with van der Waals surface area (Å²) in [6.07, 6.45) is 1.05. The van der Waals surface area contributed by atoms with E-state index in [0.717, 1.165) is 0 Å². The van der Waals surface area contributed by atoms with Crippen molar-refractivity contribution in [1.29, 1.82) is 0 Å². The molecule has 20 heavy (non-hydrogen) atoms. The summed E-state index contributed by atoms with van der Waals surface area (Å²) in [5, 5.41) is -0.374. The van der Waals surface area contributed by atoms with Gasteiger partial charge in [-0.25, -0.2) is 8.42 Å². The maximum absolute atomic E-state index is 12.5. The predicted octanol–water partition coefficient (Wildman–Crippen LogP) is 2.11. The number of hydrogen-bond acceptors (Lipinski definition) is 3. The van der Waals surface area contributed by atoms with Crippen LogP contribution in [0.1, 0.15) is 26.7 Å². The van der Waals surface area contributed by atoms with Crippen molar-refractivity contribution in [3.63, 3.8) is 0 Å². The smallest absolute Gasteiger partial charge is 0.225 e. The second-order valence-electron chi connectivity index (χ2n) is 5.54. The SMILES string of the molecule is CC(C)C(=O)N1CCC(S(=O)(=O)c2ccccc2)CC1. The lowest BCUT2D eigenvalue weighted by molar-refractivity contribution is -0.135. The minimum Gasteiger partial charge on any atom is -0.342 e. The van der Waals surface area contributed by atoms with Crippen molar-refractivity contribution in [2.45, 2.75) is 36.8 Å². The van der Waals surface area contributed by atoms with Gasteiger partial charge in [0.05, 0.1) is 10.1 Å². The molecule has 2 rings (SSSR count). The lowest BCUT2D eigenvalue weighted by atomic mass is 10.1. The van der Waals surface area contributed by atoms with E-state index in [4.69, 9.17) is 0 Å². The summed E-state index contributed by atoms with van der Waals surface area (Å²) in [7, 11) is -3.27. The van der Waals surface area contributed by atoms with Gasteiger partial charge in [0.25, 0.3) is 0 Å². The van der Waals surface area contributed by atoms with Crippen LogP contribution in [0, 0.1) is 5.92 Å². The van der Waals surface area contributed by atoms with Gasteiger partial charge in [-0.05, 0) is 25.0 Å². The van der Waals surface area contributed by atoms with Crippen LogP contribution in [0.5, 0.6) is 0 Å². The molecule has 0 bridgehead atoms. The monoisotopic (exact) mass is 295 g/mol. The number of carbonyl (C=O) groups is 1. The summed E-state index contributed by atoms with van der Waals surface area (Å²) < 4.78 is 25.0. The van der Waals surface area contributed by atoms with Gasteiger partial charge in [-0.2, -0.15) is 0 Å². The van der Waals surface area contributed by atoms with Crippen molar-refractivity contribution in [1.82, 2.24) is 4.90 Å². The Kier molecular flexibility index (Phi) is 4.48. The van der Waals surface area contributed by atoms with Crippen LogP contribution in [0.3, 0.4) is 0 Å². The Morgan fingerprint density at radius 1 is 1.15 bits per heavy atom. The molecular weight excluding hydrogens is 274 g/mol. The van der Waals surface area contributed by atoms with Crippen LogP contribution < -0.4 is 0 Å². The van der Waals surface area contributed by atoms with E-state index in [1.807, 2.05) is 19.9 Å². The molecule has 0 atom stereocenters. The number of benzene rings is 1. The van der Waals surface area contributed by atoms with Crippen molar-refractivity contribution in [2.75, 3.05) is 13.1 Å². The Labute approximate surface area is 120 Å². The van der Waals surface area contributed by atoms with Crippen molar-refractivity contribution in [2.24, 2.45) is 5.92 Å². The number of sulfone groups is 1. The summed E-state index contributed by atoms with van der Waals surface area (Å²) in [6, 6.07) is 8.57. The summed E-state index contributed by atoms with van der Waals surface area (Å²) in [5.74, 6) is 0.0813. The van der Waals surface area contributed by atoms with E-state index >= 15 is 0 Å². The Morgan fingerprint density at radius 3 is 2.20 bits per heavy atom. The van der Waals surface area contributed by atoms with Gasteiger partial charge in [0.2, 0.25) is 5.91 Å². The molecule has 0 saturated carbocycles. The second kappa shape index (κ2) is 5.95. The van der Waals surface area contributed by atoms with E-state index in [9.17, 15) is 13.2 Å². The lowest BCUT2D eigenvalue weighted by Crippen LogP contribution is -2.44. The molecule has 1 aliphatic heterocycles. The molecule has 5 heteroatoms. The molecule has 1 aromatic carbocycles. The topological polar surface area (TPSA) is 54.5 Å². The summed E-state index contributed by atoms with van der Waals surface area (Å²) in [4.78, 5) is 14.1. The fourth-order valence-electron chi connectivity index (χ4n) is 2.55. The molecule has 0 aromatic heterocycles. The molecule has 1 saturated heterocycles. The Bertz CT molecular complexity index is 558. The molecule has 0 N–H and O–H groups in total. The molecule has 0 spiro atoms. The first-order chi connectivity index (χ1) is 9.43. The predicted molar refractivity (Wildman–Crippen MR) is 78.1 cm³/mol.